The molecule has 1 aromatic rings. The molecule has 0 amide bonds. The van der Waals surface area contributed by atoms with E-state index in [1.807, 2.05) is 12.1 Å². The van der Waals surface area contributed by atoms with E-state index in [1.54, 1.807) is 0 Å². The van der Waals surface area contributed by atoms with E-state index in [-0.39, 0.29) is 0 Å². The zero-order chi connectivity index (χ0) is 8.77. The van der Waals surface area contributed by atoms with E-state index in [4.69, 9.17) is 23.2 Å². The van der Waals surface area contributed by atoms with Crippen LogP contribution in [0.5, 0.6) is 0 Å². The van der Waals surface area contributed by atoms with E-state index in [2.05, 4.69) is 28.1 Å². The molecule has 0 unspecified atom stereocenters. The molecule has 0 saturated heterocycles. The fourth-order valence-corrected chi connectivity index (χ4v) is 2.09. The zero-order valence-corrected chi connectivity index (χ0v) is 9.33. The van der Waals surface area contributed by atoms with Gasteiger partial charge in [-0.2, -0.15) is 0 Å². The van der Waals surface area contributed by atoms with Crippen LogP contribution >= 0.6 is 39.1 Å². The quantitative estimate of drug-likeness (QED) is 0.671. The van der Waals surface area contributed by atoms with Gasteiger partial charge in [0, 0.05) is 10.4 Å². The highest BCUT2D eigenvalue weighted by molar-refractivity contribution is 9.10. The smallest absolute Gasteiger partial charge is 0.101 e. The lowest BCUT2D eigenvalue weighted by Crippen LogP contribution is -1.88. The number of hydrogen-bond acceptors (Lipinski definition) is 0. The molecule has 0 radical (unpaired) electrons. The normalized spacial score (nSPS) is 25.4. The summed E-state index contributed by atoms with van der Waals surface area (Å²) >= 11 is 15.2. The minimum Gasteiger partial charge on any atom is -0.101 e. The topological polar surface area (TPSA) is 0 Å². The molecule has 0 bridgehead atoms. The Morgan fingerprint density at radius 1 is 1.25 bits per heavy atom. The zero-order valence-electron chi connectivity index (χ0n) is 6.23. The molecule has 1 aliphatic carbocycles. The summed E-state index contributed by atoms with van der Waals surface area (Å²) in [4.78, 5) is 0. The lowest BCUT2D eigenvalue weighted by Gasteiger charge is -1.99. The molecule has 3 heteroatoms. The third-order valence-electron chi connectivity index (χ3n) is 2.10. The second-order valence-electron chi connectivity index (χ2n) is 3.07. The Morgan fingerprint density at radius 3 is 2.17 bits per heavy atom. The van der Waals surface area contributed by atoms with Crippen LogP contribution in [-0.2, 0) is 0 Å². The lowest BCUT2D eigenvalue weighted by molar-refractivity contribution is 1.10. The number of hydrogen-bond donors (Lipinski definition) is 0. The number of halogens is 3. The van der Waals surface area contributed by atoms with E-state index in [1.165, 1.54) is 5.56 Å². The maximum atomic E-state index is 5.94. The monoisotopic (exact) mass is 264 g/mol. The Labute approximate surface area is 90.0 Å². The van der Waals surface area contributed by atoms with Gasteiger partial charge in [-0.15, -0.1) is 23.2 Å². The predicted molar refractivity (Wildman–Crippen MR) is 55.9 cm³/mol. The van der Waals surface area contributed by atoms with Gasteiger partial charge in [0.2, 0.25) is 0 Å². The highest BCUT2D eigenvalue weighted by Gasteiger charge is 2.52. The maximum absolute atomic E-state index is 5.94. The molecular formula is C9H7BrCl2. The molecule has 1 aromatic carbocycles. The Balaban J connectivity index is 2.21. The third-order valence-corrected chi connectivity index (χ3v) is 3.46. The van der Waals surface area contributed by atoms with Crippen LogP contribution in [-0.4, -0.2) is 4.33 Å². The molecule has 0 aliphatic heterocycles. The van der Waals surface area contributed by atoms with Crippen LogP contribution in [0.15, 0.2) is 28.7 Å². The first kappa shape index (κ1) is 8.86. The highest BCUT2D eigenvalue weighted by atomic mass is 79.9. The molecule has 1 aliphatic rings. The van der Waals surface area contributed by atoms with Gasteiger partial charge in [0.25, 0.3) is 0 Å². The summed E-state index contributed by atoms with van der Waals surface area (Å²) in [6, 6.07) is 8.14. The van der Waals surface area contributed by atoms with Crippen molar-refractivity contribution in [3.05, 3.63) is 34.3 Å². The fourth-order valence-electron chi connectivity index (χ4n) is 1.27. The molecule has 2 rings (SSSR count). The van der Waals surface area contributed by atoms with Crippen LogP contribution in [0.2, 0.25) is 0 Å². The van der Waals surface area contributed by atoms with E-state index < -0.39 is 4.33 Å². The van der Waals surface area contributed by atoms with Gasteiger partial charge in [-0.3, -0.25) is 0 Å². The summed E-state index contributed by atoms with van der Waals surface area (Å²) in [5.41, 5.74) is 1.23. The summed E-state index contributed by atoms with van der Waals surface area (Å²) in [5.74, 6) is 0.328. The first-order valence-corrected chi connectivity index (χ1v) is 5.28. The van der Waals surface area contributed by atoms with Gasteiger partial charge >= 0.3 is 0 Å². The summed E-state index contributed by atoms with van der Waals surface area (Å²) < 4.78 is 0.579. The van der Waals surface area contributed by atoms with Crippen LogP contribution in [0.1, 0.15) is 17.9 Å². The molecule has 0 spiro atoms. The Bertz CT molecular complexity index is 292. The van der Waals surface area contributed by atoms with E-state index >= 15 is 0 Å². The number of rotatable bonds is 1. The van der Waals surface area contributed by atoms with Crippen molar-refractivity contribution in [2.24, 2.45) is 0 Å². The van der Waals surface area contributed by atoms with Gasteiger partial charge in [-0.05, 0) is 24.1 Å². The molecule has 1 atom stereocenters. The lowest BCUT2D eigenvalue weighted by atomic mass is 10.1. The fraction of sp³-hybridized carbons (Fsp3) is 0.333. The van der Waals surface area contributed by atoms with Gasteiger partial charge in [0.1, 0.15) is 4.33 Å². The molecule has 1 saturated carbocycles. The van der Waals surface area contributed by atoms with Crippen molar-refractivity contribution in [3.8, 4) is 0 Å². The van der Waals surface area contributed by atoms with Crippen LogP contribution in [0, 0.1) is 0 Å². The van der Waals surface area contributed by atoms with Crippen LogP contribution in [0.4, 0.5) is 0 Å². The number of alkyl halides is 2. The van der Waals surface area contributed by atoms with Crippen molar-refractivity contribution >= 4 is 39.1 Å². The minimum absolute atomic E-state index is 0.328. The van der Waals surface area contributed by atoms with Gasteiger partial charge in [-0.25, -0.2) is 0 Å². The third kappa shape index (κ3) is 1.63. The average Bonchev–Trinajstić information content (AvgIpc) is 2.61. The SMILES string of the molecule is ClC1(Cl)C[C@H]1c1ccc(Br)cc1. The molecule has 0 heterocycles. The van der Waals surface area contributed by atoms with Gasteiger partial charge in [0.15, 0.2) is 0 Å². The van der Waals surface area contributed by atoms with Crippen LogP contribution < -0.4 is 0 Å². The molecule has 12 heavy (non-hydrogen) atoms. The van der Waals surface area contributed by atoms with E-state index in [0.29, 0.717) is 5.92 Å². The molecule has 1 fully saturated rings. The molecule has 64 valence electrons. The second-order valence-corrected chi connectivity index (χ2v) is 5.53. The van der Waals surface area contributed by atoms with E-state index in [9.17, 15) is 0 Å². The Kier molecular flexibility index (Phi) is 2.14. The van der Waals surface area contributed by atoms with Crippen molar-refractivity contribution in [2.75, 3.05) is 0 Å². The Morgan fingerprint density at radius 2 is 1.75 bits per heavy atom. The van der Waals surface area contributed by atoms with E-state index in [0.717, 1.165) is 10.9 Å². The Hall–Kier alpha value is 0.280. The van der Waals surface area contributed by atoms with Gasteiger partial charge in [-0.1, -0.05) is 28.1 Å². The molecule has 0 nitrogen and oxygen atoms in total. The minimum atomic E-state index is -0.506. The summed E-state index contributed by atoms with van der Waals surface area (Å²) in [6.45, 7) is 0. The molecule has 0 aromatic heterocycles. The van der Waals surface area contributed by atoms with Gasteiger partial charge in [0.05, 0.1) is 0 Å². The van der Waals surface area contributed by atoms with Crippen molar-refractivity contribution in [1.29, 1.82) is 0 Å². The van der Waals surface area contributed by atoms with Crippen LogP contribution in [0.3, 0.4) is 0 Å². The largest absolute Gasteiger partial charge is 0.125 e. The standard InChI is InChI=1S/C9H7BrCl2/c10-7-3-1-6(2-4-7)8-5-9(8,11)12/h1-4,8H,5H2/t8-/m0/s1. The average molecular weight is 266 g/mol. The van der Waals surface area contributed by atoms with Crippen molar-refractivity contribution in [1.82, 2.24) is 0 Å². The summed E-state index contributed by atoms with van der Waals surface area (Å²) in [7, 11) is 0. The predicted octanol–water partition coefficient (Wildman–Crippen LogP) is 4.11. The summed E-state index contributed by atoms with van der Waals surface area (Å²) in [5, 5.41) is 0. The van der Waals surface area contributed by atoms with Crippen molar-refractivity contribution in [2.45, 2.75) is 16.7 Å². The van der Waals surface area contributed by atoms with Crippen molar-refractivity contribution < 1.29 is 0 Å². The van der Waals surface area contributed by atoms with Gasteiger partial charge < -0.3 is 0 Å². The molecule has 0 N–H and O–H groups in total. The summed E-state index contributed by atoms with van der Waals surface area (Å²) in [6.07, 6.45) is 0.873. The second kappa shape index (κ2) is 2.90. The molecular weight excluding hydrogens is 259 g/mol. The maximum Gasteiger partial charge on any atom is 0.125 e. The number of benzene rings is 1. The first-order valence-electron chi connectivity index (χ1n) is 3.73. The van der Waals surface area contributed by atoms with Crippen molar-refractivity contribution in [3.63, 3.8) is 0 Å². The van der Waals surface area contributed by atoms with Crippen LogP contribution in [0.25, 0.3) is 0 Å². The highest BCUT2D eigenvalue weighted by Crippen LogP contribution is 2.59. The first-order chi connectivity index (χ1) is 5.59.